The zero-order valence-electron chi connectivity index (χ0n) is 11.8. The van der Waals surface area contributed by atoms with Crippen molar-refractivity contribution < 1.29 is 0 Å². The quantitative estimate of drug-likeness (QED) is 0.793. The van der Waals surface area contributed by atoms with Crippen molar-refractivity contribution in [3.8, 4) is 0 Å². The first kappa shape index (κ1) is 13.3. The van der Waals surface area contributed by atoms with E-state index in [1.54, 1.807) is 11.3 Å². The molecule has 2 N–H and O–H groups in total. The Morgan fingerprint density at radius 3 is 2.75 bits per heavy atom. The number of para-hydroxylation sites is 2. The zero-order valence-corrected chi connectivity index (χ0v) is 12.6. The Balaban J connectivity index is 2.21. The molecule has 1 aromatic carbocycles. The van der Waals surface area contributed by atoms with E-state index < -0.39 is 0 Å². The van der Waals surface area contributed by atoms with Gasteiger partial charge in [0, 0.05) is 10.9 Å². The molecule has 0 saturated carbocycles. The third kappa shape index (κ3) is 2.15. The molecule has 0 radical (unpaired) electrons. The van der Waals surface area contributed by atoms with Crippen LogP contribution in [0.15, 0.2) is 41.8 Å². The Bertz CT molecular complexity index is 700. The van der Waals surface area contributed by atoms with Gasteiger partial charge >= 0.3 is 0 Å². The highest BCUT2D eigenvalue weighted by Gasteiger charge is 2.24. The summed E-state index contributed by atoms with van der Waals surface area (Å²) in [5.74, 6) is 1.02. The number of hydrogen-bond donors (Lipinski definition) is 1. The van der Waals surface area contributed by atoms with Crippen molar-refractivity contribution in [3.05, 3.63) is 52.5 Å². The highest BCUT2D eigenvalue weighted by Crippen LogP contribution is 2.31. The first-order valence-corrected chi connectivity index (χ1v) is 7.83. The van der Waals surface area contributed by atoms with Gasteiger partial charge in [-0.05, 0) is 36.9 Å². The summed E-state index contributed by atoms with van der Waals surface area (Å²) < 4.78 is 2.29. The monoisotopic (exact) mass is 285 g/mol. The van der Waals surface area contributed by atoms with Gasteiger partial charge in [0.1, 0.15) is 5.82 Å². The number of rotatable bonds is 4. The molecule has 4 heteroatoms. The number of fused-ring (bicyclic) bond motifs is 1. The zero-order chi connectivity index (χ0) is 14.1. The Labute approximate surface area is 123 Å². The van der Waals surface area contributed by atoms with Gasteiger partial charge in [0.05, 0.1) is 17.1 Å². The van der Waals surface area contributed by atoms with E-state index in [9.17, 15) is 0 Å². The van der Waals surface area contributed by atoms with Crippen molar-refractivity contribution in [3.63, 3.8) is 0 Å². The van der Waals surface area contributed by atoms with Gasteiger partial charge in [-0.15, -0.1) is 11.3 Å². The number of nitrogens with two attached hydrogens (primary N) is 1. The standard InChI is InChI=1S/C16H19N3S/c1-3-12(17)16(15-9-6-10-20-15)19-11(2)18-13-7-4-5-8-14(13)19/h4-10,12,16H,3,17H2,1-2H3. The third-order valence-corrected chi connectivity index (χ3v) is 4.70. The largest absolute Gasteiger partial charge is 0.326 e. The van der Waals surface area contributed by atoms with Gasteiger partial charge in [0.25, 0.3) is 0 Å². The number of imidazole rings is 1. The van der Waals surface area contributed by atoms with Crippen LogP contribution in [0.2, 0.25) is 0 Å². The number of aryl methyl sites for hydroxylation is 1. The lowest BCUT2D eigenvalue weighted by Crippen LogP contribution is -2.32. The van der Waals surface area contributed by atoms with E-state index in [2.05, 4.69) is 59.1 Å². The Hall–Kier alpha value is -1.65. The van der Waals surface area contributed by atoms with Crippen LogP contribution in [0.5, 0.6) is 0 Å². The minimum atomic E-state index is 0.0879. The van der Waals surface area contributed by atoms with Crippen LogP contribution in [0, 0.1) is 6.92 Å². The maximum Gasteiger partial charge on any atom is 0.107 e. The summed E-state index contributed by atoms with van der Waals surface area (Å²) in [5, 5.41) is 2.11. The second kappa shape index (κ2) is 5.38. The molecule has 0 saturated heterocycles. The molecule has 3 aromatic rings. The summed E-state index contributed by atoms with van der Waals surface area (Å²) in [5.41, 5.74) is 8.61. The summed E-state index contributed by atoms with van der Waals surface area (Å²) in [7, 11) is 0. The van der Waals surface area contributed by atoms with E-state index in [0.29, 0.717) is 0 Å². The van der Waals surface area contributed by atoms with E-state index in [1.165, 1.54) is 4.88 Å². The van der Waals surface area contributed by atoms with E-state index in [-0.39, 0.29) is 12.1 Å². The fourth-order valence-electron chi connectivity index (χ4n) is 2.73. The molecule has 0 fully saturated rings. The molecule has 0 bridgehead atoms. The molecule has 3 nitrogen and oxygen atoms in total. The number of thiophene rings is 1. The molecule has 20 heavy (non-hydrogen) atoms. The van der Waals surface area contributed by atoms with Crippen LogP contribution >= 0.6 is 11.3 Å². The van der Waals surface area contributed by atoms with Crippen LogP contribution in [0.4, 0.5) is 0 Å². The number of benzene rings is 1. The molecule has 0 aliphatic rings. The molecule has 0 amide bonds. The number of nitrogens with zero attached hydrogens (tertiary/aromatic N) is 2. The van der Waals surface area contributed by atoms with E-state index in [1.807, 2.05) is 6.07 Å². The van der Waals surface area contributed by atoms with Crippen LogP contribution in [0.3, 0.4) is 0 Å². The van der Waals surface area contributed by atoms with Crippen LogP contribution < -0.4 is 5.73 Å². The normalized spacial score (nSPS) is 14.6. The molecule has 2 atom stereocenters. The van der Waals surface area contributed by atoms with Gasteiger partial charge in [0.15, 0.2) is 0 Å². The summed E-state index contributed by atoms with van der Waals surface area (Å²) in [6.07, 6.45) is 0.939. The predicted octanol–water partition coefficient (Wildman–Crippen LogP) is 3.73. The molecule has 2 aromatic heterocycles. The van der Waals surface area contributed by atoms with Crippen molar-refractivity contribution in [1.29, 1.82) is 0 Å². The Morgan fingerprint density at radius 1 is 1.25 bits per heavy atom. The molecule has 0 aliphatic carbocycles. The highest BCUT2D eigenvalue weighted by atomic mass is 32.1. The smallest absolute Gasteiger partial charge is 0.107 e. The molecular weight excluding hydrogens is 266 g/mol. The van der Waals surface area contributed by atoms with Gasteiger partial charge in [-0.25, -0.2) is 4.98 Å². The molecule has 0 aliphatic heterocycles. The van der Waals surface area contributed by atoms with Gasteiger partial charge in [-0.3, -0.25) is 0 Å². The van der Waals surface area contributed by atoms with Crippen molar-refractivity contribution in [1.82, 2.24) is 9.55 Å². The maximum atomic E-state index is 6.42. The lowest BCUT2D eigenvalue weighted by Gasteiger charge is -2.25. The highest BCUT2D eigenvalue weighted by molar-refractivity contribution is 7.10. The van der Waals surface area contributed by atoms with Gasteiger partial charge in [0.2, 0.25) is 0 Å². The van der Waals surface area contributed by atoms with Gasteiger partial charge in [-0.2, -0.15) is 0 Å². The summed E-state index contributed by atoms with van der Waals surface area (Å²) in [6, 6.07) is 12.8. The second-order valence-electron chi connectivity index (χ2n) is 5.05. The number of aromatic nitrogens is 2. The van der Waals surface area contributed by atoms with E-state index >= 15 is 0 Å². The van der Waals surface area contributed by atoms with Crippen molar-refractivity contribution >= 4 is 22.4 Å². The van der Waals surface area contributed by atoms with Crippen LogP contribution in [0.1, 0.15) is 30.1 Å². The molecule has 0 spiro atoms. The van der Waals surface area contributed by atoms with E-state index in [4.69, 9.17) is 5.73 Å². The Kier molecular flexibility index (Phi) is 3.59. The SMILES string of the molecule is CCC(N)C(c1cccs1)n1c(C)nc2ccccc21. The van der Waals surface area contributed by atoms with Gasteiger partial charge < -0.3 is 10.3 Å². The molecule has 2 unspecified atom stereocenters. The maximum absolute atomic E-state index is 6.42. The van der Waals surface area contributed by atoms with E-state index in [0.717, 1.165) is 23.3 Å². The molecular formula is C16H19N3S. The summed E-state index contributed by atoms with van der Waals surface area (Å²) >= 11 is 1.76. The number of hydrogen-bond acceptors (Lipinski definition) is 3. The van der Waals surface area contributed by atoms with Crippen molar-refractivity contribution in [2.45, 2.75) is 32.4 Å². The topological polar surface area (TPSA) is 43.8 Å². The second-order valence-corrected chi connectivity index (χ2v) is 6.03. The van der Waals surface area contributed by atoms with Crippen molar-refractivity contribution in [2.75, 3.05) is 0 Å². The van der Waals surface area contributed by atoms with Gasteiger partial charge in [-0.1, -0.05) is 25.1 Å². The molecule has 104 valence electrons. The molecule has 3 rings (SSSR count). The summed E-state index contributed by atoms with van der Waals surface area (Å²) in [4.78, 5) is 5.97. The predicted molar refractivity (Wildman–Crippen MR) is 85.2 cm³/mol. The average molecular weight is 285 g/mol. The minimum Gasteiger partial charge on any atom is -0.326 e. The minimum absolute atomic E-state index is 0.0879. The van der Waals surface area contributed by atoms with Crippen LogP contribution in [-0.4, -0.2) is 15.6 Å². The van der Waals surface area contributed by atoms with Crippen LogP contribution in [-0.2, 0) is 0 Å². The van der Waals surface area contributed by atoms with Crippen molar-refractivity contribution in [2.24, 2.45) is 5.73 Å². The third-order valence-electron chi connectivity index (χ3n) is 3.76. The van der Waals surface area contributed by atoms with Crippen LogP contribution in [0.25, 0.3) is 11.0 Å². The first-order valence-electron chi connectivity index (χ1n) is 6.95. The average Bonchev–Trinajstić information content (AvgIpc) is 3.08. The lowest BCUT2D eigenvalue weighted by molar-refractivity contribution is 0.466. The summed E-state index contributed by atoms with van der Waals surface area (Å²) in [6.45, 7) is 4.20. The molecule has 2 heterocycles. The first-order chi connectivity index (χ1) is 9.72. The fourth-order valence-corrected chi connectivity index (χ4v) is 3.62. The fraction of sp³-hybridized carbons (Fsp3) is 0.312. The Morgan fingerprint density at radius 2 is 2.05 bits per heavy atom. The lowest BCUT2D eigenvalue weighted by atomic mass is 10.0.